The minimum atomic E-state index is -0.336. The smallest absolute Gasteiger partial charge is 0.274 e. The lowest BCUT2D eigenvalue weighted by molar-refractivity contribution is 0.102. The number of aryl methyl sites for hydroxylation is 1. The van der Waals surface area contributed by atoms with E-state index in [1.54, 1.807) is 6.33 Å². The van der Waals surface area contributed by atoms with E-state index in [4.69, 9.17) is 9.72 Å². The van der Waals surface area contributed by atoms with Crippen LogP contribution in [0.5, 0.6) is 5.75 Å². The van der Waals surface area contributed by atoms with Crippen LogP contribution in [0.4, 0.5) is 5.69 Å². The van der Waals surface area contributed by atoms with Crippen molar-refractivity contribution in [2.45, 2.75) is 76.3 Å². The molecular weight excluding hydrogens is 502 g/mol. The van der Waals surface area contributed by atoms with Crippen molar-refractivity contribution in [2.24, 2.45) is 18.9 Å². The molecule has 0 saturated heterocycles. The van der Waals surface area contributed by atoms with Gasteiger partial charge in [-0.25, -0.2) is 4.98 Å². The van der Waals surface area contributed by atoms with Crippen molar-refractivity contribution in [2.75, 3.05) is 11.9 Å². The molecule has 1 amide bonds. The predicted octanol–water partition coefficient (Wildman–Crippen LogP) is 4.63. The first-order valence-electron chi connectivity index (χ1n) is 14.2. The second kappa shape index (κ2) is 10.0. The van der Waals surface area contributed by atoms with Crippen LogP contribution in [-0.2, 0) is 24.4 Å². The lowest BCUT2D eigenvalue weighted by atomic mass is 9.57. The van der Waals surface area contributed by atoms with Crippen LogP contribution in [0.15, 0.2) is 36.7 Å². The number of nitriles is 1. The molecule has 9 nitrogen and oxygen atoms in total. The molecule has 3 aromatic rings. The number of ether oxygens (including phenoxy) is 1. The average Bonchev–Trinajstić information content (AvgIpc) is 3.61. The van der Waals surface area contributed by atoms with Crippen LogP contribution in [0.1, 0.15) is 86.0 Å². The molecule has 2 aliphatic carbocycles. The molecular formula is C31H37N7O2. The first-order valence-corrected chi connectivity index (χ1v) is 14.2. The number of benzene rings is 1. The van der Waals surface area contributed by atoms with Crippen molar-refractivity contribution in [3.8, 4) is 11.8 Å². The Kier molecular flexibility index (Phi) is 6.62. The van der Waals surface area contributed by atoms with Crippen molar-refractivity contribution < 1.29 is 9.53 Å². The average molecular weight is 540 g/mol. The first-order chi connectivity index (χ1) is 19.2. The van der Waals surface area contributed by atoms with E-state index in [0.717, 1.165) is 47.2 Å². The minimum absolute atomic E-state index is 0.247. The molecule has 208 valence electrons. The van der Waals surface area contributed by atoms with Crippen molar-refractivity contribution in [1.82, 2.24) is 25.1 Å². The zero-order valence-electron chi connectivity index (χ0n) is 23.7. The molecule has 1 aliphatic heterocycles. The Hall–Kier alpha value is -3.77. The quantitative estimate of drug-likeness (QED) is 0.407. The van der Waals surface area contributed by atoms with E-state index in [9.17, 15) is 10.1 Å². The van der Waals surface area contributed by atoms with Gasteiger partial charge in [-0.15, -0.1) is 10.2 Å². The highest BCUT2D eigenvalue weighted by Gasteiger charge is 2.49. The number of aromatic nitrogens is 4. The highest BCUT2D eigenvalue weighted by atomic mass is 16.5. The van der Waals surface area contributed by atoms with Gasteiger partial charge < -0.3 is 19.9 Å². The van der Waals surface area contributed by atoms with Crippen LogP contribution in [0, 0.1) is 23.2 Å². The maximum Gasteiger partial charge on any atom is 0.274 e. The van der Waals surface area contributed by atoms with Gasteiger partial charge in [0.2, 0.25) is 0 Å². The van der Waals surface area contributed by atoms with Gasteiger partial charge >= 0.3 is 0 Å². The summed E-state index contributed by atoms with van der Waals surface area (Å²) < 4.78 is 8.03. The molecule has 2 N–H and O–H groups in total. The van der Waals surface area contributed by atoms with E-state index in [-0.39, 0.29) is 16.7 Å². The van der Waals surface area contributed by atoms with Gasteiger partial charge in [-0.2, -0.15) is 5.26 Å². The zero-order valence-corrected chi connectivity index (χ0v) is 23.7. The first kappa shape index (κ1) is 26.5. The van der Waals surface area contributed by atoms with E-state index in [0.29, 0.717) is 42.9 Å². The number of fused-ring (bicyclic) bond motifs is 1. The normalized spacial score (nSPS) is 23.4. The van der Waals surface area contributed by atoms with E-state index >= 15 is 0 Å². The molecule has 0 bridgehead atoms. The van der Waals surface area contributed by atoms with Crippen LogP contribution >= 0.6 is 0 Å². The fourth-order valence-electron chi connectivity index (χ4n) is 6.36. The summed E-state index contributed by atoms with van der Waals surface area (Å²) in [6.45, 7) is 7.61. The summed E-state index contributed by atoms with van der Waals surface area (Å²) >= 11 is 0. The molecule has 40 heavy (non-hydrogen) atoms. The Morgan fingerprint density at radius 3 is 2.77 bits per heavy atom. The lowest BCUT2D eigenvalue weighted by Gasteiger charge is -2.46. The number of pyridine rings is 1. The number of hydrogen-bond acceptors (Lipinski definition) is 7. The van der Waals surface area contributed by atoms with Crippen molar-refractivity contribution in [3.63, 3.8) is 0 Å². The number of anilines is 1. The third-order valence-electron chi connectivity index (χ3n) is 8.91. The lowest BCUT2D eigenvalue weighted by Crippen LogP contribution is -2.44. The SMILES string of the molecule is C[C@H](NCc1cc(C(=O)Nc2cccc(C3(c4nncn4C)CC(CC#N)C3)c2)nc2c1OCC2(C)C)C1CC1. The van der Waals surface area contributed by atoms with Gasteiger partial charge in [0.25, 0.3) is 5.91 Å². The summed E-state index contributed by atoms with van der Waals surface area (Å²) in [4.78, 5) is 18.4. The van der Waals surface area contributed by atoms with Crippen molar-refractivity contribution >= 4 is 11.6 Å². The number of nitrogens with one attached hydrogen (secondary N) is 2. The van der Waals surface area contributed by atoms with E-state index in [1.165, 1.54) is 12.8 Å². The molecule has 3 aliphatic rings. The standard InChI is InChI=1S/C31H37N7O2/c1-19(21-8-9-21)33-16-22-12-25(36-27-26(22)40-17-30(27,2)3)28(39)35-24-7-5-6-23(13-24)31(14-20(15-31)10-11-32)29-37-34-18-38(29)4/h5-7,12-13,18-21,33H,8-10,14-17H2,1-4H3,(H,35,39)/t19-,20?,31?/m0/s1. The Morgan fingerprint density at radius 2 is 2.08 bits per heavy atom. The summed E-state index contributed by atoms with van der Waals surface area (Å²) in [6.07, 6.45) is 6.42. The minimum Gasteiger partial charge on any atom is -0.490 e. The molecule has 3 heterocycles. The Bertz CT molecular complexity index is 1480. The van der Waals surface area contributed by atoms with Crippen molar-refractivity contribution in [3.05, 3.63) is 65.0 Å². The van der Waals surface area contributed by atoms with E-state index < -0.39 is 0 Å². The van der Waals surface area contributed by atoms with Gasteiger partial charge in [0.1, 0.15) is 23.6 Å². The molecule has 0 radical (unpaired) electrons. The van der Waals surface area contributed by atoms with Crippen LogP contribution < -0.4 is 15.4 Å². The molecule has 0 spiro atoms. The van der Waals surface area contributed by atoms with E-state index in [1.807, 2.05) is 35.9 Å². The number of nitrogens with zero attached hydrogens (tertiary/aromatic N) is 5. The predicted molar refractivity (Wildman–Crippen MR) is 151 cm³/mol. The largest absolute Gasteiger partial charge is 0.490 e. The Morgan fingerprint density at radius 1 is 1.27 bits per heavy atom. The van der Waals surface area contributed by atoms with Crippen LogP contribution in [0.2, 0.25) is 0 Å². The summed E-state index contributed by atoms with van der Waals surface area (Å²) in [5.74, 6) is 2.49. The molecule has 1 aromatic carbocycles. The second-order valence-corrected chi connectivity index (χ2v) is 12.5. The highest BCUT2D eigenvalue weighted by molar-refractivity contribution is 6.03. The van der Waals surface area contributed by atoms with Crippen LogP contribution in [-0.4, -0.2) is 38.3 Å². The molecule has 2 saturated carbocycles. The van der Waals surface area contributed by atoms with Gasteiger partial charge in [-0.1, -0.05) is 26.0 Å². The van der Waals surface area contributed by atoms with Gasteiger partial charge in [-0.3, -0.25) is 4.79 Å². The summed E-state index contributed by atoms with van der Waals surface area (Å²) in [7, 11) is 1.95. The molecule has 1 atom stereocenters. The summed E-state index contributed by atoms with van der Waals surface area (Å²) in [5.41, 5.74) is 3.36. The molecule has 0 unspecified atom stereocenters. The third-order valence-corrected chi connectivity index (χ3v) is 8.91. The Balaban J connectivity index is 1.27. The molecule has 2 aromatic heterocycles. The van der Waals surface area contributed by atoms with Crippen LogP contribution in [0.25, 0.3) is 0 Å². The number of rotatable bonds is 9. The summed E-state index contributed by atoms with van der Waals surface area (Å²) in [6, 6.07) is 12.6. The van der Waals surface area contributed by atoms with Crippen molar-refractivity contribution in [1.29, 1.82) is 5.26 Å². The number of amides is 1. The number of hydrogen-bond donors (Lipinski definition) is 2. The van der Waals surface area contributed by atoms with E-state index in [2.05, 4.69) is 53.7 Å². The molecule has 6 rings (SSSR count). The maximum absolute atomic E-state index is 13.6. The number of carbonyl (C=O) groups is 1. The van der Waals surface area contributed by atoms with Gasteiger partial charge in [0, 0.05) is 42.7 Å². The highest BCUT2D eigenvalue weighted by Crippen LogP contribution is 2.53. The van der Waals surface area contributed by atoms with Crippen LogP contribution in [0.3, 0.4) is 0 Å². The topological polar surface area (TPSA) is 118 Å². The summed E-state index contributed by atoms with van der Waals surface area (Å²) in [5, 5.41) is 24.5. The molecule has 2 fully saturated rings. The van der Waals surface area contributed by atoms with Gasteiger partial charge in [0.15, 0.2) is 0 Å². The van der Waals surface area contributed by atoms with Gasteiger partial charge in [-0.05, 0) is 68.2 Å². The molecule has 9 heteroatoms. The number of carbonyl (C=O) groups excluding carboxylic acids is 1. The Labute approximate surface area is 235 Å². The van der Waals surface area contributed by atoms with Gasteiger partial charge in [0.05, 0.1) is 23.8 Å². The maximum atomic E-state index is 13.6. The zero-order chi connectivity index (χ0) is 28.1. The second-order valence-electron chi connectivity index (χ2n) is 12.5. The fourth-order valence-corrected chi connectivity index (χ4v) is 6.36. The fraction of sp³-hybridized carbons (Fsp3) is 0.516. The third kappa shape index (κ3) is 4.75. The monoisotopic (exact) mass is 539 g/mol.